The van der Waals surface area contributed by atoms with Gasteiger partial charge in [-0.3, -0.25) is 4.79 Å². The van der Waals surface area contributed by atoms with E-state index < -0.39 is 12.0 Å². The fourth-order valence-corrected chi connectivity index (χ4v) is 4.81. The number of pyridine rings is 1. The molecule has 2 heterocycles. The number of hydrogen-bond acceptors (Lipinski definition) is 4. The molecular weight excluding hydrogens is 438 g/mol. The van der Waals surface area contributed by atoms with E-state index in [1.165, 1.54) is 12.8 Å². The smallest absolute Gasteiger partial charge is 0.257 e. The average Bonchev–Trinajstić information content (AvgIpc) is 3.04. The van der Waals surface area contributed by atoms with Crippen LogP contribution in [-0.2, 0) is 24.2 Å². The molecule has 2 N–H and O–H groups in total. The van der Waals surface area contributed by atoms with Gasteiger partial charge in [0, 0.05) is 46.5 Å². The zero-order valence-electron chi connectivity index (χ0n) is 19.5. The molecule has 6 nitrogen and oxygen atoms in total. The largest absolute Gasteiger partial charge is 0.481 e. The van der Waals surface area contributed by atoms with Crippen LogP contribution in [-0.4, -0.2) is 27.7 Å². The maximum absolute atomic E-state index is 13.1. The molecule has 0 saturated carbocycles. The van der Waals surface area contributed by atoms with Crippen LogP contribution in [0.4, 0.5) is 5.69 Å². The minimum absolute atomic E-state index is 0.106. The number of carbonyl (C=O) groups is 1. The summed E-state index contributed by atoms with van der Waals surface area (Å²) in [5.41, 5.74) is 5.68. The average molecular weight is 468 g/mol. The van der Waals surface area contributed by atoms with Gasteiger partial charge in [0.2, 0.25) is 5.88 Å². The predicted molar refractivity (Wildman–Crippen MR) is 130 cm³/mol. The molecule has 174 valence electrons. The molecule has 1 amide bonds. The van der Waals surface area contributed by atoms with Crippen LogP contribution in [0.25, 0.3) is 0 Å². The Morgan fingerprint density at radius 3 is 2.73 bits per heavy atom. The number of benzene rings is 1. The highest BCUT2D eigenvalue weighted by molar-refractivity contribution is 6.30. The van der Waals surface area contributed by atoms with E-state index in [0.29, 0.717) is 28.7 Å². The summed E-state index contributed by atoms with van der Waals surface area (Å²) >= 11 is 6.06. The lowest BCUT2D eigenvalue weighted by atomic mass is 9.75. The minimum atomic E-state index is -1.28. The summed E-state index contributed by atoms with van der Waals surface area (Å²) in [7, 11) is 1.52. The summed E-state index contributed by atoms with van der Waals surface area (Å²) in [5, 5.41) is 14.7. The van der Waals surface area contributed by atoms with Crippen molar-refractivity contribution in [2.45, 2.75) is 52.7 Å². The van der Waals surface area contributed by atoms with E-state index in [9.17, 15) is 9.90 Å². The summed E-state index contributed by atoms with van der Waals surface area (Å²) in [6.45, 7) is 7.13. The first-order valence-electron chi connectivity index (χ1n) is 11.1. The third-order valence-electron chi connectivity index (χ3n) is 6.48. The Bertz CT molecular complexity index is 1170. The number of halogens is 1. The number of methoxy groups -OCH3 is 1. The molecule has 1 aromatic carbocycles. The molecule has 1 aliphatic rings. The van der Waals surface area contributed by atoms with Gasteiger partial charge in [-0.1, -0.05) is 37.6 Å². The normalized spacial score (nSPS) is 15.6. The molecule has 4 rings (SSSR count). The lowest BCUT2D eigenvalue weighted by Crippen LogP contribution is -2.26. The third-order valence-corrected chi connectivity index (χ3v) is 6.73. The van der Waals surface area contributed by atoms with Crippen molar-refractivity contribution in [3.05, 3.63) is 75.7 Å². The van der Waals surface area contributed by atoms with Gasteiger partial charge in [0.25, 0.3) is 5.91 Å². The Hall–Kier alpha value is -2.83. The Labute approximate surface area is 199 Å². The summed E-state index contributed by atoms with van der Waals surface area (Å²) < 4.78 is 7.37. The Morgan fingerprint density at radius 1 is 1.30 bits per heavy atom. The van der Waals surface area contributed by atoms with Crippen LogP contribution in [0, 0.1) is 12.3 Å². The Morgan fingerprint density at radius 2 is 2.03 bits per heavy atom. The van der Waals surface area contributed by atoms with Crippen molar-refractivity contribution in [2.24, 2.45) is 5.41 Å². The first-order chi connectivity index (χ1) is 15.7. The molecule has 0 saturated heterocycles. The maximum Gasteiger partial charge on any atom is 0.257 e. The molecule has 0 radical (unpaired) electrons. The first-order valence-corrected chi connectivity index (χ1v) is 11.5. The highest BCUT2D eigenvalue weighted by atomic mass is 35.5. The van der Waals surface area contributed by atoms with Crippen LogP contribution >= 0.6 is 11.6 Å². The molecule has 2 aromatic heterocycles. The molecule has 3 aromatic rings. The van der Waals surface area contributed by atoms with Gasteiger partial charge in [0.15, 0.2) is 6.10 Å². The third kappa shape index (κ3) is 4.92. The topological polar surface area (TPSA) is 76.4 Å². The van der Waals surface area contributed by atoms with E-state index in [1.54, 1.807) is 18.3 Å². The van der Waals surface area contributed by atoms with Gasteiger partial charge < -0.3 is 19.7 Å². The van der Waals surface area contributed by atoms with Crippen LogP contribution in [0.15, 0.2) is 42.6 Å². The fraction of sp³-hybridized carbons (Fsp3) is 0.385. The molecular formula is C26H30ClN3O3. The molecule has 1 unspecified atom stereocenters. The minimum Gasteiger partial charge on any atom is -0.481 e. The van der Waals surface area contributed by atoms with Gasteiger partial charge in [-0.25, -0.2) is 4.98 Å². The number of fused-ring (bicyclic) bond motifs is 1. The Kier molecular flexibility index (Phi) is 6.50. The number of aliphatic hydroxyl groups is 1. The molecule has 0 bridgehead atoms. The SMILES string of the molecule is COc1cc(NC(=O)C(O)c2c3c(n(Cc4ccc(Cl)cc4)c2C)CCC(C)(C)C3)ccn1. The Balaban J connectivity index is 1.69. The number of nitrogens with one attached hydrogen (secondary N) is 1. The number of aromatic nitrogens is 2. The van der Waals surface area contributed by atoms with E-state index in [1.807, 2.05) is 31.2 Å². The fourth-order valence-electron chi connectivity index (χ4n) is 4.68. The predicted octanol–water partition coefficient (Wildman–Crippen LogP) is 5.09. The molecule has 1 aliphatic carbocycles. The van der Waals surface area contributed by atoms with Crippen molar-refractivity contribution in [1.29, 1.82) is 0 Å². The van der Waals surface area contributed by atoms with Crippen molar-refractivity contribution in [3.8, 4) is 5.88 Å². The van der Waals surface area contributed by atoms with E-state index in [-0.39, 0.29) is 5.41 Å². The van der Waals surface area contributed by atoms with Gasteiger partial charge >= 0.3 is 0 Å². The van der Waals surface area contributed by atoms with Gasteiger partial charge in [-0.05, 0) is 60.9 Å². The highest BCUT2D eigenvalue weighted by Gasteiger charge is 2.35. The van der Waals surface area contributed by atoms with Gasteiger partial charge in [-0.2, -0.15) is 0 Å². The van der Waals surface area contributed by atoms with Crippen LogP contribution in [0.3, 0.4) is 0 Å². The summed E-state index contributed by atoms with van der Waals surface area (Å²) in [5.74, 6) is -0.0760. The van der Waals surface area contributed by atoms with Crippen LogP contribution < -0.4 is 10.1 Å². The number of ether oxygens (including phenoxy) is 1. The number of rotatable bonds is 6. The van der Waals surface area contributed by atoms with Gasteiger partial charge in [0.1, 0.15) is 0 Å². The lowest BCUT2D eigenvalue weighted by Gasteiger charge is -2.31. The van der Waals surface area contributed by atoms with Crippen molar-refractivity contribution >= 4 is 23.2 Å². The van der Waals surface area contributed by atoms with Crippen LogP contribution in [0.5, 0.6) is 5.88 Å². The van der Waals surface area contributed by atoms with Crippen molar-refractivity contribution in [1.82, 2.24) is 9.55 Å². The molecule has 0 aliphatic heterocycles. The number of carbonyl (C=O) groups excluding carboxylic acids is 1. The zero-order chi connectivity index (χ0) is 23.8. The first kappa shape index (κ1) is 23.3. The standard InChI is InChI=1S/C26H30ClN3O3/c1-16-23(24(31)25(32)29-19-10-12-28-22(13-19)33-4)20-14-26(2,3)11-9-21(20)30(16)15-17-5-7-18(27)8-6-17/h5-8,10,12-13,24,31H,9,11,14-15H2,1-4H3,(H,28,29,32). The second kappa shape index (κ2) is 9.20. The summed E-state index contributed by atoms with van der Waals surface area (Å²) in [6.07, 6.45) is 3.06. The molecule has 1 atom stereocenters. The van der Waals surface area contributed by atoms with Crippen molar-refractivity contribution in [3.63, 3.8) is 0 Å². The van der Waals surface area contributed by atoms with Crippen molar-refractivity contribution < 1.29 is 14.6 Å². The number of amides is 1. The van der Waals surface area contributed by atoms with Gasteiger partial charge in [-0.15, -0.1) is 0 Å². The van der Waals surface area contributed by atoms with E-state index in [2.05, 4.69) is 28.7 Å². The monoisotopic (exact) mass is 467 g/mol. The van der Waals surface area contributed by atoms with Crippen LogP contribution in [0.2, 0.25) is 5.02 Å². The molecule has 7 heteroatoms. The van der Waals surface area contributed by atoms with E-state index in [0.717, 1.165) is 36.1 Å². The van der Waals surface area contributed by atoms with E-state index in [4.69, 9.17) is 16.3 Å². The lowest BCUT2D eigenvalue weighted by molar-refractivity contribution is -0.124. The van der Waals surface area contributed by atoms with Crippen molar-refractivity contribution in [2.75, 3.05) is 12.4 Å². The second-order valence-corrected chi connectivity index (χ2v) is 9.89. The summed E-state index contributed by atoms with van der Waals surface area (Å²) in [4.78, 5) is 17.1. The molecule has 33 heavy (non-hydrogen) atoms. The number of aliphatic hydroxyl groups excluding tert-OH is 1. The quantitative estimate of drug-likeness (QED) is 0.529. The zero-order valence-corrected chi connectivity index (χ0v) is 20.2. The summed E-state index contributed by atoms with van der Waals surface area (Å²) in [6, 6.07) is 11.1. The molecule has 0 fully saturated rings. The second-order valence-electron chi connectivity index (χ2n) is 9.46. The number of hydrogen-bond donors (Lipinski definition) is 2. The highest BCUT2D eigenvalue weighted by Crippen LogP contribution is 2.41. The molecule has 0 spiro atoms. The maximum atomic E-state index is 13.1. The van der Waals surface area contributed by atoms with E-state index >= 15 is 0 Å². The number of anilines is 1. The number of nitrogens with zero attached hydrogens (tertiary/aromatic N) is 2. The van der Waals surface area contributed by atoms with Crippen LogP contribution in [0.1, 0.15) is 54.5 Å². The van der Waals surface area contributed by atoms with Gasteiger partial charge in [0.05, 0.1) is 7.11 Å².